The maximum Gasteiger partial charge on any atom is 0.0452 e. The highest BCUT2D eigenvalue weighted by Gasteiger charge is 2.36. The minimum absolute atomic E-state index is 0.103. The van der Waals surface area contributed by atoms with Crippen LogP contribution in [-0.2, 0) is 5.41 Å². The first-order chi connectivity index (χ1) is 7.84. The highest BCUT2D eigenvalue weighted by molar-refractivity contribution is 9.10. The van der Waals surface area contributed by atoms with E-state index >= 15 is 0 Å². The number of hydrogen-bond donors (Lipinski definition) is 0. The van der Waals surface area contributed by atoms with Crippen molar-refractivity contribution in [3.8, 4) is 0 Å². The summed E-state index contributed by atoms with van der Waals surface area (Å²) in [5, 5.41) is 0. The van der Waals surface area contributed by atoms with Crippen LogP contribution in [0, 0.1) is 0 Å². The van der Waals surface area contributed by atoms with Crippen LogP contribution >= 0.6 is 39.1 Å². The van der Waals surface area contributed by atoms with Crippen LogP contribution in [0.2, 0.25) is 25.7 Å². The zero-order valence-corrected chi connectivity index (χ0v) is 14.7. The summed E-state index contributed by atoms with van der Waals surface area (Å²) in [6.07, 6.45) is 0. The second-order valence-electron chi connectivity index (χ2n) is 5.76. The van der Waals surface area contributed by atoms with Crippen molar-refractivity contribution in [2.24, 2.45) is 0 Å². The van der Waals surface area contributed by atoms with Crippen LogP contribution in [0.4, 0.5) is 0 Å². The summed E-state index contributed by atoms with van der Waals surface area (Å²) in [5.41, 5.74) is 1.14. The summed E-state index contributed by atoms with van der Waals surface area (Å²) in [6.45, 7) is 7.08. The minimum Gasteiger partial charge on any atom is -0.126 e. The van der Waals surface area contributed by atoms with E-state index < -0.39 is 8.07 Å². The molecule has 1 aromatic carbocycles. The van der Waals surface area contributed by atoms with E-state index in [1.54, 1.807) is 0 Å². The summed E-state index contributed by atoms with van der Waals surface area (Å²) in [7, 11) is -1.23. The second-order valence-corrected chi connectivity index (χ2v) is 12.6. The maximum absolute atomic E-state index is 6.25. The number of halogens is 3. The number of alkyl halides is 2. The highest BCUT2D eigenvalue weighted by atomic mass is 79.9. The van der Waals surface area contributed by atoms with E-state index in [0.29, 0.717) is 11.8 Å². The molecule has 0 nitrogen and oxygen atoms in total. The fraction of sp³-hybridized carbons (Fsp3) is 0.538. The first-order valence-corrected chi connectivity index (χ1v) is 11.3. The van der Waals surface area contributed by atoms with Gasteiger partial charge in [0, 0.05) is 29.7 Å². The number of hydrogen-bond acceptors (Lipinski definition) is 0. The Balaban J connectivity index is 3.20. The first kappa shape index (κ1) is 15.6. The molecule has 0 aromatic heterocycles. The Morgan fingerprint density at radius 1 is 1.12 bits per heavy atom. The van der Waals surface area contributed by atoms with Crippen molar-refractivity contribution >= 4 is 47.2 Å². The van der Waals surface area contributed by atoms with Crippen LogP contribution in [0.3, 0.4) is 0 Å². The van der Waals surface area contributed by atoms with E-state index in [-0.39, 0.29) is 5.41 Å². The molecule has 0 spiro atoms. The molecule has 0 atom stereocenters. The van der Waals surface area contributed by atoms with Gasteiger partial charge >= 0.3 is 0 Å². The van der Waals surface area contributed by atoms with Gasteiger partial charge in [-0.3, -0.25) is 0 Å². The van der Waals surface area contributed by atoms with E-state index in [0.717, 1.165) is 10.5 Å². The van der Waals surface area contributed by atoms with Crippen LogP contribution in [-0.4, -0.2) is 19.8 Å². The molecule has 1 aromatic rings. The molecule has 0 saturated carbocycles. The van der Waals surface area contributed by atoms with E-state index in [4.69, 9.17) is 23.2 Å². The van der Waals surface area contributed by atoms with Gasteiger partial charge in [-0.2, -0.15) is 0 Å². The van der Waals surface area contributed by atoms with E-state index in [2.05, 4.69) is 53.8 Å². The molecule has 0 N–H and O–H groups in total. The molecule has 0 aliphatic rings. The van der Waals surface area contributed by atoms with Crippen LogP contribution < -0.4 is 0 Å². The van der Waals surface area contributed by atoms with Crippen LogP contribution in [0.5, 0.6) is 0 Å². The summed E-state index contributed by atoms with van der Waals surface area (Å²) >= 11 is 16.1. The van der Waals surface area contributed by atoms with Crippen molar-refractivity contribution in [1.29, 1.82) is 0 Å². The van der Waals surface area contributed by atoms with Gasteiger partial charge < -0.3 is 0 Å². The third-order valence-electron chi connectivity index (χ3n) is 2.83. The summed E-state index contributed by atoms with van der Waals surface area (Å²) < 4.78 is 1.11. The standard InChI is InChI=1S/C13H19BrCl2Si/c1-17(2,3)10-13(8-15,9-16)11-6-4-5-7-12(11)14/h4-7H,8-10H2,1-3H3. The summed E-state index contributed by atoms with van der Waals surface area (Å²) in [6, 6.07) is 9.38. The molecule has 17 heavy (non-hydrogen) atoms. The van der Waals surface area contributed by atoms with Gasteiger partial charge in [-0.15, -0.1) is 23.2 Å². The van der Waals surface area contributed by atoms with Crippen LogP contribution in [0.15, 0.2) is 28.7 Å². The van der Waals surface area contributed by atoms with E-state index in [9.17, 15) is 0 Å². The van der Waals surface area contributed by atoms with Gasteiger partial charge in [-0.25, -0.2) is 0 Å². The molecule has 4 heteroatoms. The lowest BCUT2D eigenvalue weighted by Gasteiger charge is -2.36. The van der Waals surface area contributed by atoms with Crippen LogP contribution in [0.25, 0.3) is 0 Å². The largest absolute Gasteiger partial charge is 0.126 e. The Labute approximate surface area is 124 Å². The third kappa shape index (κ3) is 3.98. The molecule has 0 aliphatic carbocycles. The average molecular weight is 354 g/mol. The monoisotopic (exact) mass is 352 g/mol. The highest BCUT2D eigenvalue weighted by Crippen LogP contribution is 2.39. The molecule has 0 fully saturated rings. The molecule has 0 heterocycles. The van der Waals surface area contributed by atoms with E-state index in [1.807, 2.05) is 6.07 Å². The van der Waals surface area contributed by atoms with Crippen molar-refractivity contribution in [2.75, 3.05) is 11.8 Å². The first-order valence-electron chi connectivity index (χ1n) is 5.72. The zero-order chi connectivity index (χ0) is 13.1. The predicted octanol–water partition coefficient (Wildman–Crippen LogP) is 5.50. The third-order valence-corrected chi connectivity index (χ3v) is 6.28. The summed E-state index contributed by atoms with van der Waals surface area (Å²) in [5.74, 6) is 1.15. The Hall–Kier alpha value is 0.497. The molecule has 0 amide bonds. The number of rotatable bonds is 5. The Kier molecular flexibility index (Phi) is 5.58. The second kappa shape index (κ2) is 6.09. The Morgan fingerprint density at radius 3 is 2.06 bits per heavy atom. The van der Waals surface area contributed by atoms with Crippen molar-refractivity contribution in [1.82, 2.24) is 0 Å². The topological polar surface area (TPSA) is 0 Å². The van der Waals surface area contributed by atoms with Crippen molar-refractivity contribution in [3.63, 3.8) is 0 Å². The molecule has 0 saturated heterocycles. The lowest BCUT2D eigenvalue weighted by atomic mass is 9.86. The molecular formula is C13H19BrCl2Si. The molecule has 0 unspecified atom stereocenters. The minimum atomic E-state index is -1.23. The lowest BCUT2D eigenvalue weighted by molar-refractivity contribution is 0.592. The van der Waals surface area contributed by atoms with E-state index in [1.165, 1.54) is 5.56 Å². The Morgan fingerprint density at radius 2 is 1.65 bits per heavy atom. The van der Waals surface area contributed by atoms with Crippen molar-refractivity contribution in [3.05, 3.63) is 34.3 Å². The molecule has 1 rings (SSSR count). The van der Waals surface area contributed by atoms with Gasteiger partial charge in [-0.1, -0.05) is 53.8 Å². The molecule has 0 aliphatic heterocycles. The molecule has 0 radical (unpaired) electrons. The molecule has 0 bridgehead atoms. The van der Waals surface area contributed by atoms with Crippen molar-refractivity contribution < 1.29 is 0 Å². The number of benzene rings is 1. The fourth-order valence-corrected chi connectivity index (χ4v) is 6.53. The van der Waals surface area contributed by atoms with Gasteiger partial charge in [-0.05, 0) is 17.7 Å². The molecule has 96 valence electrons. The maximum atomic E-state index is 6.25. The molecular weight excluding hydrogens is 335 g/mol. The SMILES string of the molecule is C[Si](C)(C)CC(CCl)(CCl)c1ccccc1Br. The van der Waals surface area contributed by atoms with Gasteiger partial charge in [0.1, 0.15) is 0 Å². The quantitative estimate of drug-likeness (QED) is 0.484. The smallest absolute Gasteiger partial charge is 0.0452 e. The van der Waals surface area contributed by atoms with Gasteiger partial charge in [0.05, 0.1) is 0 Å². The lowest BCUT2D eigenvalue weighted by Crippen LogP contribution is -2.39. The van der Waals surface area contributed by atoms with Gasteiger partial charge in [0.2, 0.25) is 0 Å². The normalized spacial score (nSPS) is 12.8. The van der Waals surface area contributed by atoms with Crippen molar-refractivity contribution in [2.45, 2.75) is 31.1 Å². The predicted molar refractivity (Wildman–Crippen MR) is 85.4 cm³/mol. The average Bonchev–Trinajstić information content (AvgIpc) is 2.25. The Bertz CT molecular complexity index is 370. The van der Waals surface area contributed by atoms with Gasteiger partial charge in [0.15, 0.2) is 0 Å². The summed E-state index contributed by atoms with van der Waals surface area (Å²) in [4.78, 5) is 0. The van der Waals surface area contributed by atoms with Crippen LogP contribution in [0.1, 0.15) is 5.56 Å². The zero-order valence-electron chi connectivity index (χ0n) is 10.6. The van der Waals surface area contributed by atoms with Gasteiger partial charge in [0.25, 0.3) is 0 Å². The fourth-order valence-electron chi connectivity index (χ4n) is 2.28.